The summed E-state index contributed by atoms with van der Waals surface area (Å²) >= 11 is 0. The van der Waals surface area contributed by atoms with Crippen molar-refractivity contribution in [3.8, 4) is 0 Å². The van der Waals surface area contributed by atoms with Crippen LogP contribution in [0.3, 0.4) is 0 Å². The van der Waals surface area contributed by atoms with Gasteiger partial charge in [-0.2, -0.15) is 0 Å². The van der Waals surface area contributed by atoms with E-state index in [0.717, 1.165) is 122 Å². The molecule has 0 heterocycles. The number of hydrogen-bond acceptors (Lipinski definition) is 6. The largest absolute Gasteiger partial charge is 0.462 e. The molecule has 0 aromatic rings. The zero-order valence-electron chi connectivity index (χ0n) is 46.5. The maximum absolute atomic E-state index is 12.9. The maximum atomic E-state index is 12.9. The van der Waals surface area contributed by atoms with E-state index in [1.165, 1.54) is 116 Å². The highest BCUT2D eigenvalue weighted by atomic mass is 16.6. The zero-order valence-corrected chi connectivity index (χ0v) is 46.5. The Kier molecular flexibility index (Phi) is 55.9. The van der Waals surface area contributed by atoms with Crippen LogP contribution in [0.4, 0.5) is 0 Å². The second-order valence-electron chi connectivity index (χ2n) is 19.5. The van der Waals surface area contributed by atoms with Crippen molar-refractivity contribution in [2.24, 2.45) is 0 Å². The number of rotatable bonds is 53. The standard InChI is InChI=1S/C65H110O6/c1-4-7-10-13-16-19-22-25-27-29-30-31-32-33-34-36-37-40-43-46-49-52-55-58-64(67)70-61-62(60-69-63(66)57-54-51-48-45-42-39-24-21-18-15-12-9-6-3)71-65(68)59-56-53-50-47-44-41-38-35-28-26-23-20-17-14-11-8-5-2/h8-9,11-12,17-18,20-21,26,28-30,38-39,41-42,62H,4-7,10,13-16,19,22-25,27,31-37,40,43-61H2,1-3H3/b11-8-,12-9-,20-17-,21-18-,28-26-,30-29-,41-38-,42-39-. The van der Waals surface area contributed by atoms with Crippen LogP contribution in [0.15, 0.2) is 97.2 Å². The molecule has 71 heavy (non-hydrogen) atoms. The number of carbonyl (C=O) groups excluding carboxylic acids is 3. The van der Waals surface area contributed by atoms with E-state index in [-0.39, 0.29) is 31.1 Å². The van der Waals surface area contributed by atoms with E-state index in [4.69, 9.17) is 14.2 Å². The van der Waals surface area contributed by atoms with Crippen LogP contribution >= 0.6 is 0 Å². The Morgan fingerprint density at radius 1 is 0.296 bits per heavy atom. The smallest absolute Gasteiger partial charge is 0.306 e. The maximum Gasteiger partial charge on any atom is 0.306 e. The topological polar surface area (TPSA) is 78.9 Å². The minimum absolute atomic E-state index is 0.0975. The van der Waals surface area contributed by atoms with E-state index < -0.39 is 6.10 Å². The summed E-state index contributed by atoms with van der Waals surface area (Å²) in [7, 11) is 0. The molecule has 0 aliphatic rings. The van der Waals surface area contributed by atoms with E-state index in [0.29, 0.717) is 19.3 Å². The van der Waals surface area contributed by atoms with E-state index in [9.17, 15) is 14.4 Å². The van der Waals surface area contributed by atoms with Gasteiger partial charge in [-0.1, -0.05) is 240 Å². The molecule has 0 fully saturated rings. The molecule has 0 aliphatic carbocycles. The number of esters is 3. The average molecular weight is 988 g/mol. The Balaban J connectivity index is 4.37. The first kappa shape index (κ1) is 67.3. The molecular formula is C65H110O6. The summed E-state index contributed by atoms with van der Waals surface area (Å²) in [6.45, 7) is 6.38. The number of allylic oxidation sites excluding steroid dienone is 16. The molecule has 0 saturated heterocycles. The Morgan fingerprint density at radius 2 is 0.549 bits per heavy atom. The van der Waals surface area contributed by atoms with Crippen LogP contribution in [0.1, 0.15) is 278 Å². The molecule has 0 rings (SSSR count). The number of carbonyl (C=O) groups is 3. The molecule has 0 aromatic heterocycles. The molecule has 0 aliphatic heterocycles. The quantitative estimate of drug-likeness (QED) is 0.0261. The van der Waals surface area contributed by atoms with E-state index in [1.54, 1.807) is 0 Å². The molecule has 6 heteroatoms. The predicted molar refractivity (Wildman–Crippen MR) is 307 cm³/mol. The fourth-order valence-corrected chi connectivity index (χ4v) is 8.15. The van der Waals surface area contributed by atoms with Crippen molar-refractivity contribution in [3.63, 3.8) is 0 Å². The van der Waals surface area contributed by atoms with Crippen molar-refractivity contribution in [1.82, 2.24) is 0 Å². The highest BCUT2D eigenvalue weighted by Crippen LogP contribution is 2.15. The van der Waals surface area contributed by atoms with Gasteiger partial charge in [-0.05, 0) is 116 Å². The van der Waals surface area contributed by atoms with Crippen molar-refractivity contribution in [2.45, 2.75) is 284 Å². The lowest BCUT2D eigenvalue weighted by molar-refractivity contribution is -0.167. The fraction of sp³-hybridized carbons (Fsp3) is 0.708. The number of ether oxygens (including phenoxy) is 3. The highest BCUT2D eigenvalue weighted by Gasteiger charge is 2.19. The van der Waals surface area contributed by atoms with Crippen LogP contribution in [0, 0.1) is 0 Å². The van der Waals surface area contributed by atoms with E-state index in [1.807, 2.05) is 0 Å². The van der Waals surface area contributed by atoms with Gasteiger partial charge in [-0.3, -0.25) is 14.4 Å². The molecule has 0 saturated carbocycles. The first-order valence-electron chi connectivity index (χ1n) is 29.7. The summed E-state index contributed by atoms with van der Waals surface area (Å²) in [6.07, 6.45) is 78.4. The van der Waals surface area contributed by atoms with Gasteiger partial charge >= 0.3 is 17.9 Å². The minimum atomic E-state index is -0.804. The van der Waals surface area contributed by atoms with Crippen LogP contribution in [-0.4, -0.2) is 37.2 Å². The van der Waals surface area contributed by atoms with Crippen LogP contribution in [0.5, 0.6) is 0 Å². The van der Waals surface area contributed by atoms with E-state index in [2.05, 4.69) is 118 Å². The third kappa shape index (κ3) is 57.1. The summed E-state index contributed by atoms with van der Waals surface area (Å²) < 4.78 is 16.8. The molecule has 406 valence electrons. The second-order valence-corrected chi connectivity index (χ2v) is 19.5. The molecule has 0 radical (unpaired) electrons. The Morgan fingerprint density at radius 3 is 0.887 bits per heavy atom. The van der Waals surface area contributed by atoms with Crippen molar-refractivity contribution in [3.05, 3.63) is 97.2 Å². The van der Waals surface area contributed by atoms with Crippen LogP contribution in [0.2, 0.25) is 0 Å². The molecule has 1 unspecified atom stereocenters. The van der Waals surface area contributed by atoms with Crippen LogP contribution in [0.25, 0.3) is 0 Å². The lowest BCUT2D eigenvalue weighted by atomic mass is 10.0. The molecular weight excluding hydrogens is 877 g/mol. The fourth-order valence-electron chi connectivity index (χ4n) is 8.15. The van der Waals surface area contributed by atoms with Crippen LogP contribution < -0.4 is 0 Å². The molecule has 6 nitrogen and oxygen atoms in total. The van der Waals surface area contributed by atoms with Gasteiger partial charge in [0.1, 0.15) is 13.2 Å². The molecule has 0 bridgehead atoms. The van der Waals surface area contributed by atoms with Gasteiger partial charge in [0.15, 0.2) is 6.10 Å². The summed E-state index contributed by atoms with van der Waals surface area (Å²) in [4.78, 5) is 38.2. The van der Waals surface area contributed by atoms with Gasteiger partial charge < -0.3 is 14.2 Å². The first-order valence-corrected chi connectivity index (χ1v) is 29.7. The average Bonchev–Trinajstić information content (AvgIpc) is 3.37. The Hall–Kier alpha value is -3.67. The summed E-state index contributed by atoms with van der Waals surface area (Å²) in [5.74, 6) is -0.949. The first-order chi connectivity index (χ1) is 35.0. The lowest BCUT2D eigenvalue weighted by Crippen LogP contribution is -2.30. The van der Waals surface area contributed by atoms with Gasteiger partial charge in [0.25, 0.3) is 0 Å². The second kappa shape index (κ2) is 58.9. The van der Waals surface area contributed by atoms with Gasteiger partial charge in [0.05, 0.1) is 0 Å². The molecule has 0 aromatic carbocycles. The third-order valence-electron chi connectivity index (χ3n) is 12.6. The molecule has 0 amide bonds. The highest BCUT2D eigenvalue weighted by molar-refractivity contribution is 5.71. The van der Waals surface area contributed by atoms with Gasteiger partial charge in [0.2, 0.25) is 0 Å². The number of unbranched alkanes of at least 4 members (excludes halogenated alkanes) is 26. The zero-order chi connectivity index (χ0) is 51.4. The molecule has 1 atom stereocenters. The lowest BCUT2D eigenvalue weighted by Gasteiger charge is -2.18. The van der Waals surface area contributed by atoms with Gasteiger partial charge in [-0.15, -0.1) is 0 Å². The van der Waals surface area contributed by atoms with Crippen molar-refractivity contribution >= 4 is 17.9 Å². The van der Waals surface area contributed by atoms with Crippen molar-refractivity contribution in [1.29, 1.82) is 0 Å². The monoisotopic (exact) mass is 987 g/mol. The number of hydrogen-bond donors (Lipinski definition) is 0. The predicted octanol–water partition coefficient (Wildman–Crippen LogP) is 20.1. The molecule has 0 spiro atoms. The van der Waals surface area contributed by atoms with Crippen molar-refractivity contribution < 1.29 is 28.6 Å². The Bertz CT molecular complexity index is 1410. The SMILES string of the molecule is CC/C=C\C/C=C\C/C=C\C/C=C\CCCCCCC(=O)OC(COC(=O)CCCCC/C=C\C/C=C\C/C=C\CC)COC(=O)CCCCCCCCCCCCC/C=C\CCCCCCCCCC. The van der Waals surface area contributed by atoms with E-state index >= 15 is 0 Å². The van der Waals surface area contributed by atoms with Gasteiger partial charge in [0, 0.05) is 19.3 Å². The molecule has 0 N–H and O–H groups in total. The van der Waals surface area contributed by atoms with Gasteiger partial charge in [-0.25, -0.2) is 0 Å². The summed E-state index contributed by atoms with van der Waals surface area (Å²) in [5, 5.41) is 0. The third-order valence-corrected chi connectivity index (χ3v) is 12.6. The van der Waals surface area contributed by atoms with Crippen molar-refractivity contribution in [2.75, 3.05) is 13.2 Å². The normalized spacial score (nSPS) is 12.8. The minimum Gasteiger partial charge on any atom is -0.462 e. The summed E-state index contributed by atoms with van der Waals surface area (Å²) in [5.41, 5.74) is 0. The summed E-state index contributed by atoms with van der Waals surface area (Å²) in [6, 6.07) is 0. The van der Waals surface area contributed by atoms with Crippen LogP contribution in [-0.2, 0) is 28.6 Å². The Labute approximate surface area is 438 Å².